The van der Waals surface area contributed by atoms with Gasteiger partial charge in [-0.15, -0.1) is 0 Å². The number of nitro groups is 1. The largest absolute Gasteiger partial charge is 0.514 e. The summed E-state index contributed by atoms with van der Waals surface area (Å²) >= 11 is 0. The van der Waals surface area contributed by atoms with Gasteiger partial charge < -0.3 is 9.47 Å². The highest BCUT2D eigenvalue weighted by atomic mass is 16.7. The molecule has 25 heavy (non-hydrogen) atoms. The molecule has 2 fully saturated rings. The van der Waals surface area contributed by atoms with E-state index in [1.165, 1.54) is 42.8 Å². The van der Waals surface area contributed by atoms with E-state index in [0.717, 1.165) is 12.8 Å². The molecule has 1 aromatic heterocycles. The highest BCUT2D eigenvalue weighted by Crippen LogP contribution is 2.43. The Morgan fingerprint density at radius 1 is 1.20 bits per heavy atom. The van der Waals surface area contributed by atoms with Crippen molar-refractivity contribution in [1.29, 1.82) is 0 Å². The minimum absolute atomic E-state index is 0.0618. The number of carbonyl (C=O) groups is 1. The van der Waals surface area contributed by atoms with E-state index >= 15 is 0 Å². The van der Waals surface area contributed by atoms with Crippen LogP contribution in [0.25, 0.3) is 0 Å². The maximum Gasteiger partial charge on any atom is 0.514 e. The highest BCUT2D eigenvalue weighted by molar-refractivity contribution is 5.64. The number of hydrogen-bond donors (Lipinski definition) is 0. The number of nitrogens with zero attached hydrogens (tertiary/aromatic N) is 3. The maximum absolute atomic E-state index is 11.8. The van der Waals surface area contributed by atoms with Crippen molar-refractivity contribution >= 4 is 11.8 Å². The van der Waals surface area contributed by atoms with Gasteiger partial charge in [0.25, 0.3) is 5.69 Å². The summed E-state index contributed by atoms with van der Waals surface area (Å²) in [5, 5.41) is 15.0. The van der Waals surface area contributed by atoms with Crippen molar-refractivity contribution in [2.45, 2.75) is 43.7 Å². The van der Waals surface area contributed by atoms with Gasteiger partial charge in [-0.2, -0.15) is 5.10 Å². The lowest BCUT2D eigenvalue weighted by molar-refractivity contribution is -0.384. The van der Waals surface area contributed by atoms with Gasteiger partial charge in [-0.05, 0) is 31.0 Å². The zero-order valence-electron chi connectivity index (χ0n) is 13.4. The predicted molar refractivity (Wildman–Crippen MR) is 86.5 cm³/mol. The van der Waals surface area contributed by atoms with Crippen molar-refractivity contribution < 1.29 is 19.2 Å². The Balaban J connectivity index is 1.27. The molecule has 0 saturated heterocycles. The van der Waals surface area contributed by atoms with Crippen LogP contribution >= 0.6 is 0 Å². The lowest BCUT2D eigenvalue weighted by Crippen LogP contribution is -2.36. The van der Waals surface area contributed by atoms with Gasteiger partial charge in [0.05, 0.1) is 11.0 Å². The van der Waals surface area contributed by atoms with Crippen LogP contribution in [0.2, 0.25) is 0 Å². The molecule has 2 saturated carbocycles. The van der Waals surface area contributed by atoms with Crippen LogP contribution in [0, 0.1) is 10.1 Å². The molecular formula is C17H17N3O5. The molecule has 2 aliphatic rings. The van der Waals surface area contributed by atoms with Gasteiger partial charge in [-0.25, -0.2) is 4.79 Å². The summed E-state index contributed by atoms with van der Waals surface area (Å²) in [6.45, 7) is 0. The Kier molecular flexibility index (Phi) is 3.87. The highest BCUT2D eigenvalue weighted by Gasteiger charge is 2.37. The molecule has 0 spiro atoms. The molecule has 0 unspecified atom stereocenters. The number of benzene rings is 1. The number of carbonyl (C=O) groups excluding carboxylic acids is 1. The number of rotatable bonds is 5. The van der Waals surface area contributed by atoms with Crippen molar-refractivity contribution in [3.8, 4) is 5.75 Å². The third kappa shape index (κ3) is 3.33. The summed E-state index contributed by atoms with van der Waals surface area (Å²) in [4.78, 5) is 21.9. The van der Waals surface area contributed by atoms with Crippen LogP contribution in [0.4, 0.5) is 10.5 Å². The fourth-order valence-electron chi connectivity index (χ4n) is 3.06. The minimum atomic E-state index is -0.791. The Bertz CT molecular complexity index is 791. The van der Waals surface area contributed by atoms with E-state index in [1.54, 1.807) is 0 Å². The molecule has 4 rings (SSSR count). The summed E-state index contributed by atoms with van der Waals surface area (Å²) in [6, 6.07) is 7.62. The molecule has 0 atom stereocenters. The summed E-state index contributed by atoms with van der Waals surface area (Å²) in [5.74, 6) is 0.851. The third-order valence-corrected chi connectivity index (χ3v) is 4.62. The SMILES string of the molecule is O=C(Oc1ccc([N+](=O)[O-])cc1)OC1CC(n2nccc2C2CC2)C1. The first-order chi connectivity index (χ1) is 12.1. The second kappa shape index (κ2) is 6.19. The van der Waals surface area contributed by atoms with Gasteiger partial charge in [0.2, 0.25) is 0 Å². The molecule has 0 N–H and O–H groups in total. The number of ether oxygens (including phenoxy) is 2. The van der Waals surface area contributed by atoms with Crippen molar-refractivity contribution in [1.82, 2.24) is 9.78 Å². The Morgan fingerprint density at radius 2 is 1.92 bits per heavy atom. The Hall–Kier alpha value is -2.90. The second-order valence-corrected chi connectivity index (χ2v) is 6.44. The standard InChI is InChI=1S/C17H17N3O5/c21-17(24-14-5-3-12(4-6-14)20(22)23)25-15-9-13(10-15)19-16(7-8-18-19)11-1-2-11/h3-8,11,13,15H,1-2,9-10H2. The predicted octanol–water partition coefficient (Wildman–Crippen LogP) is 3.59. The van der Waals surface area contributed by atoms with Crippen LogP contribution in [0.3, 0.4) is 0 Å². The maximum atomic E-state index is 11.8. The van der Waals surface area contributed by atoms with Gasteiger partial charge in [0.15, 0.2) is 0 Å². The van der Waals surface area contributed by atoms with Crippen LogP contribution < -0.4 is 4.74 Å². The molecule has 0 radical (unpaired) electrons. The van der Waals surface area contributed by atoms with Gasteiger partial charge >= 0.3 is 6.16 Å². The van der Waals surface area contributed by atoms with Crippen molar-refractivity contribution in [2.24, 2.45) is 0 Å². The van der Waals surface area contributed by atoms with Crippen LogP contribution in [0.15, 0.2) is 36.5 Å². The summed E-state index contributed by atoms with van der Waals surface area (Å²) in [7, 11) is 0. The average molecular weight is 343 g/mol. The molecule has 0 aliphatic heterocycles. The summed E-state index contributed by atoms with van der Waals surface area (Å²) in [5.41, 5.74) is 1.21. The quantitative estimate of drug-likeness (QED) is 0.356. The average Bonchev–Trinajstić information content (AvgIpc) is 3.29. The lowest BCUT2D eigenvalue weighted by atomic mass is 9.89. The van der Waals surface area contributed by atoms with Crippen LogP contribution in [-0.2, 0) is 4.74 Å². The zero-order chi connectivity index (χ0) is 17.4. The van der Waals surface area contributed by atoms with Crippen molar-refractivity contribution in [2.75, 3.05) is 0 Å². The fraction of sp³-hybridized carbons (Fsp3) is 0.412. The van der Waals surface area contributed by atoms with E-state index in [4.69, 9.17) is 9.47 Å². The molecule has 2 aliphatic carbocycles. The summed E-state index contributed by atoms with van der Waals surface area (Å²) < 4.78 is 12.4. The van der Waals surface area contributed by atoms with Crippen molar-refractivity contribution in [3.63, 3.8) is 0 Å². The van der Waals surface area contributed by atoms with E-state index < -0.39 is 11.1 Å². The molecule has 8 nitrogen and oxygen atoms in total. The molecule has 0 bridgehead atoms. The van der Waals surface area contributed by atoms with E-state index in [2.05, 4.69) is 15.8 Å². The van der Waals surface area contributed by atoms with Gasteiger partial charge in [-0.3, -0.25) is 14.8 Å². The number of nitro benzene ring substituents is 1. The van der Waals surface area contributed by atoms with Crippen LogP contribution in [0.5, 0.6) is 5.75 Å². The molecule has 1 heterocycles. The minimum Gasteiger partial charge on any atom is -0.431 e. The molecular weight excluding hydrogens is 326 g/mol. The summed E-state index contributed by atoms with van der Waals surface area (Å²) in [6.07, 6.45) is 4.73. The Morgan fingerprint density at radius 3 is 2.56 bits per heavy atom. The third-order valence-electron chi connectivity index (χ3n) is 4.62. The van der Waals surface area contributed by atoms with Crippen LogP contribution in [0.1, 0.15) is 43.3 Å². The second-order valence-electron chi connectivity index (χ2n) is 6.44. The molecule has 130 valence electrons. The smallest absolute Gasteiger partial charge is 0.431 e. The molecule has 2 aromatic rings. The first-order valence-electron chi connectivity index (χ1n) is 8.26. The monoisotopic (exact) mass is 343 g/mol. The first kappa shape index (κ1) is 15.6. The van der Waals surface area contributed by atoms with Crippen LogP contribution in [-0.4, -0.2) is 27.0 Å². The van der Waals surface area contributed by atoms with E-state index in [1.807, 2.05) is 6.20 Å². The van der Waals surface area contributed by atoms with Gasteiger partial charge in [0, 0.05) is 42.8 Å². The normalized spacial score (nSPS) is 22.1. The molecule has 1 aromatic carbocycles. The first-order valence-corrected chi connectivity index (χ1v) is 8.26. The molecule has 8 heteroatoms. The lowest BCUT2D eigenvalue weighted by Gasteiger charge is -2.35. The topological polar surface area (TPSA) is 96.5 Å². The van der Waals surface area contributed by atoms with Crippen molar-refractivity contribution in [3.05, 3.63) is 52.3 Å². The number of aromatic nitrogens is 2. The van der Waals surface area contributed by atoms with E-state index in [-0.39, 0.29) is 23.6 Å². The van der Waals surface area contributed by atoms with Gasteiger partial charge in [-0.1, -0.05) is 0 Å². The molecule has 0 amide bonds. The Labute approximate surface area is 143 Å². The number of non-ortho nitro benzene ring substituents is 1. The fourth-order valence-corrected chi connectivity index (χ4v) is 3.06. The zero-order valence-corrected chi connectivity index (χ0v) is 13.4. The van der Waals surface area contributed by atoms with E-state index in [0.29, 0.717) is 5.92 Å². The van der Waals surface area contributed by atoms with E-state index in [9.17, 15) is 14.9 Å². The number of hydrogen-bond acceptors (Lipinski definition) is 6. The van der Waals surface area contributed by atoms with Gasteiger partial charge in [0.1, 0.15) is 11.9 Å².